The quantitative estimate of drug-likeness (QED) is 0.279. The van der Waals surface area contributed by atoms with Crippen molar-refractivity contribution in [3.8, 4) is 0 Å². The number of aryl methyl sites for hydroxylation is 1. The monoisotopic (exact) mass is 500 g/mol. The van der Waals surface area contributed by atoms with Crippen LogP contribution in [0, 0.1) is 0 Å². The van der Waals surface area contributed by atoms with E-state index in [0.29, 0.717) is 5.96 Å². The predicted molar refractivity (Wildman–Crippen MR) is 125 cm³/mol. The van der Waals surface area contributed by atoms with Crippen molar-refractivity contribution < 1.29 is 5.11 Å². The number of hydrogen-bond acceptors (Lipinski definition) is 4. The number of aliphatic hydroxyl groups is 1. The second-order valence-corrected chi connectivity index (χ2v) is 7.02. The molecule has 1 atom stereocenters. The Balaban J connectivity index is 0.00000392. The number of rotatable bonds is 9. The van der Waals surface area contributed by atoms with E-state index in [4.69, 9.17) is 0 Å². The molecule has 28 heavy (non-hydrogen) atoms. The van der Waals surface area contributed by atoms with Crippen LogP contribution < -0.4 is 10.6 Å². The third-order valence-corrected chi connectivity index (χ3v) is 4.30. The van der Waals surface area contributed by atoms with Crippen molar-refractivity contribution in [2.24, 2.45) is 12.0 Å². The molecule has 0 radical (unpaired) electrons. The minimum Gasteiger partial charge on any atom is -0.383 e. The largest absolute Gasteiger partial charge is 0.383 e. The SMILES string of the molecule is CCNC(=NCC(C)(O)c1cnn(C)c1)NCCN(C)Cc1ccccc1.I. The minimum absolute atomic E-state index is 0. The Morgan fingerprint density at radius 3 is 2.61 bits per heavy atom. The molecule has 0 aliphatic rings. The van der Waals surface area contributed by atoms with E-state index in [0.717, 1.165) is 31.7 Å². The molecule has 1 aromatic carbocycles. The lowest BCUT2D eigenvalue weighted by Crippen LogP contribution is -2.41. The highest BCUT2D eigenvalue weighted by atomic mass is 127. The Hall–Kier alpha value is -1.65. The second kappa shape index (κ2) is 12.0. The summed E-state index contributed by atoms with van der Waals surface area (Å²) in [5.74, 6) is 0.703. The lowest BCUT2D eigenvalue weighted by molar-refractivity contribution is 0.0672. The molecule has 0 fully saturated rings. The molecular weight excluding hydrogens is 467 g/mol. The first-order valence-electron chi connectivity index (χ1n) is 9.37. The second-order valence-electron chi connectivity index (χ2n) is 7.02. The van der Waals surface area contributed by atoms with E-state index in [2.05, 4.69) is 56.9 Å². The maximum absolute atomic E-state index is 10.7. The van der Waals surface area contributed by atoms with Gasteiger partial charge in [0.25, 0.3) is 0 Å². The molecule has 0 aliphatic carbocycles. The van der Waals surface area contributed by atoms with Gasteiger partial charge in [-0.2, -0.15) is 5.10 Å². The summed E-state index contributed by atoms with van der Waals surface area (Å²) in [6.07, 6.45) is 3.49. The van der Waals surface area contributed by atoms with Gasteiger partial charge in [-0.1, -0.05) is 30.3 Å². The Bertz CT molecular complexity index is 716. The summed E-state index contributed by atoms with van der Waals surface area (Å²) in [5.41, 5.74) is 1.00. The average molecular weight is 500 g/mol. The number of nitrogens with zero attached hydrogens (tertiary/aromatic N) is 4. The zero-order valence-corrected chi connectivity index (χ0v) is 19.6. The average Bonchev–Trinajstić information content (AvgIpc) is 3.08. The third kappa shape index (κ3) is 8.15. The molecule has 0 bridgehead atoms. The lowest BCUT2D eigenvalue weighted by atomic mass is 10.0. The van der Waals surface area contributed by atoms with E-state index < -0.39 is 5.60 Å². The van der Waals surface area contributed by atoms with Crippen LogP contribution in [0.4, 0.5) is 0 Å². The van der Waals surface area contributed by atoms with E-state index in [-0.39, 0.29) is 30.5 Å². The van der Waals surface area contributed by atoms with Crippen LogP contribution in [0.5, 0.6) is 0 Å². The molecule has 1 aromatic heterocycles. The van der Waals surface area contributed by atoms with Gasteiger partial charge in [-0.15, -0.1) is 24.0 Å². The number of aromatic nitrogens is 2. The van der Waals surface area contributed by atoms with Gasteiger partial charge in [0, 0.05) is 45.0 Å². The Kier molecular flexibility index (Phi) is 10.5. The van der Waals surface area contributed by atoms with Gasteiger partial charge in [0.15, 0.2) is 5.96 Å². The molecule has 0 spiro atoms. The smallest absolute Gasteiger partial charge is 0.191 e. The molecule has 2 rings (SSSR count). The number of benzene rings is 1. The first-order chi connectivity index (χ1) is 12.9. The number of likely N-dealkylation sites (N-methyl/N-ethyl adjacent to an activating group) is 1. The highest BCUT2D eigenvalue weighted by molar-refractivity contribution is 14.0. The van der Waals surface area contributed by atoms with Crippen LogP contribution in [0.1, 0.15) is 25.0 Å². The van der Waals surface area contributed by atoms with Crippen LogP contribution in [0.3, 0.4) is 0 Å². The normalized spacial score (nSPS) is 13.7. The fourth-order valence-corrected chi connectivity index (χ4v) is 2.70. The van der Waals surface area contributed by atoms with Gasteiger partial charge in [-0.05, 0) is 26.5 Å². The van der Waals surface area contributed by atoms with Crippen molar-refractivity contribution in [3.63, 3.8) is 0 Å². The standard InChI is InChI=1S/C20H32N6O.HI/c1-5-21-19(23-16-20(2,27)18-13-24-26(4)15-18)22-11-12-25(3)14-17-9-7-6-8-10-17;/h6-10,13,15,27H,5,11-12,14,16H2,1-4H3,(H2,21,22,23);1H. The third-order valence-electron chi connectivity index (χ3n) is 4.30. The molecule has 156 valence electrons. The van der Waals surface area contributed by atoms with Crippen LogP contribution in [0.2, 0.25) is 0 Å². The van der Waals surface area contributed by atoms with Crippen LogP contribution in [0.15, 0.2) is 47.7 Å². The van der Waals surface area contributed by atoms with Gasteiger partial charge in [-0.3, -0.25) is 4.68 Å². The van der Waals surface area contributed by atoms with Crippen LogP contribution in [-0.4, -0.2) is 59.0 Å². The summed E-state index contributed by atoms with van der Waals surface area (Å²) < 4.78 is 1.68. The maximum atomic E-state index is 10.7. The van der Waals surface area contributed by atoms with E-state index >= 15 is 0 Å². The van der Waals surface area contributed by atoms with Gasteiger partial charge in [0.1, 0.15) is 5.60 Å². The van der Waals surface area contributed by atoms with E-state index in [1.54, 1.807) is 17.8 Å². The molecule has 3 N–H and O–H groups in total. The molecule has 0 amide bonds. The first kappa shape index (κ1) is 24.4. The van der Waals surface area contributed by atoms with Crippen LogP contribution >= 0.6 is 24.0 Å². The molecule has 7 nitrogen and oxygen atoms in total. The predicted octanol–water partition coefficient (Wildman–Crippen LogP) is 1.93. The molecule has 1 heterocycles. The van der Waals surface area contributed by atoms with Gasteiger partial charge in [0.2, 0.25) is 0 Å². The van der Waals surface area contributed by atoms with E-state index in [1.165, 1.54) is 5.56 Å². The summed E-state index contributed by atoms with van der Waals surface area (Å²) in [6, 6.07) is 10.4. The maximum Gasteiger partial charge on any atom is 0.191 e. The van der Waals surface area contributed by atoms with Gasteiger partial charge < -0.3 is 20.6 Å². The fraction of sp³-hybridized carbons (Fsp3) is 0.500. The first-order valence-corrected chi connectivity index (χ1v) is 9.37. The number of nitrogens with one attached hydrogen (secondary N) is 2. The van der Waals surface area contributed by atoms with Gasteiger partial charge in [-0.25, -0.2) is 4.99 Å². The Morgan fingerprint density at radius 1 is 1.29 bits per heavy atom. The fourth-order valence-electron chi connectivity index (χ4n) is 2.70. The zero-order valence-electron chi connectivity index (χ0n) is 17.2. The van der Waals surface area contributed by atoms with Crippen molar-refractivity contribution in [1.82, 2.24) is 25.3 Å². The molecular formula is C20H33IN6O. The number of hydrogen-bond donors (Lipinski definition) is 3. The topological polar surface area (TPSA) is 77.7 Å². The van der Waals surface area contributed by atoms with Crippen molar-refractivity contribution in [2.75, 3.05) is 33.2 Å². The molecule has 0 aliphatic heterocycles. The highest BCUT2D eigenvalue weighted by Gasteiger charge is 2.24. The molecule has 0 saturated heterocycles. The van der Waals surface area contributed by atoms with Gasteiger partial charge in [0.05, 0.1) is 12.7 Å². The minimum atomic E-state index is -1.05. The molecule has 1 unspecified atom stereocenters. The van der Waals surface area contributed by atoms with Gasteiger partial charge >= 0.3 is 0 Å². The summed E-state index contributed by atoms with van der Waals surface area (Å²) in [6.45, 7) is 7.37. The summed E-state index contributed by atoms with van der Waals surface area (Å²) in [5, 5.41) is 21.3. The highest BCUT2D eigenvalue weighted by Crippen LogP contribution is 2.19. The summed E-state index contributed by atoms with van der Waals surface area (Å²) in [7, 11) is 3.94. The number of halogens is 1. The van der Waals surface area contributed by atoms with E-state index in [1.807, 2.05) is 26.2 Å². The molecule has 0 saturated carbocycles. The van der Waals surface area contributed by atoms with Crippen molar-refractivity contribution in [1.29, 1.82) is 0 Å². The molecule has 2 aromatic rings. The molecule has 8 heteroatoms. The van der Waals surface area contributed by atoms with Crippen molar-refractivity contribution >= 4 is 29.9 Å². The lowest BCUT2D eigenvalue weighted by Gasteiger charge is -2.21. The number of guanidine groups is 1. The van der Waals surface area contributed by atoms with E-state index in [9.17, 15) is 5.11 Å². The Labute approximate surface area is 185 Å². The zero-order chi connectivity index (χ0) is 19.7. The van der Waals surface area contributed by atoms with Crippen LogP contribution in [-0.2, 0) is 19.2 Å². The summed E-state index contributed by atoms with van der Waals surface area (Å²) in [4.78, 5) is 6.80. The van der Waals surface area contributed by atoms with Crippen molar-refractivity contribution in [2.45, 2.75) is 26.0 Å². The summed E-state index contributed by atoms with van der Waals surface area (Å²) >= 11 is 0. The van der Waals surface area contributed by atoms with Crippen LogP contribution in [0.25, 0.3) is 0 Å². The Morgan fingerprint density at radius 2 is 2.00 bits per heavy atom. The number of aliphatic imine (C=N–C) groups is 1. The van der Waals surface area contributed by atoms with Crippen molar-refractivity contribution in [3.05, 3.63) is 53.9 Å².